The summed E-state index contributed by atoms with van der Waals surface area (Å²) in [4.78, 5) is 0. The lowest BCUT2D eigenvalue weighted by Gasteiger charge is -2.22. The Morgan fingerprint density at radius 3 is 2.69 bits per heavy atom. The van der Waals surface area contributed by atoms with Crippen molar-refractivity contribution < 1.29 is 4.39 Å². The number of hydrogen-bond donors (Lipinski definition) is 0. The summed E-state index contributed by atoms with van der Waals surface area (Å²) >= 11 is 0. The highest BCUT2D eigenvalue weighted by atomic mass is 19.1. The molecule has 13 heavy (non-hydrogen) atoms. The lowest BCUT2D eigenvalue weighted by Crippen LogP contribution is -2.11. The largest absolute Gasteiger partial charge is 0.210 e. The van der Waals surface area contributed by atoms with Gasteiger partial charge in [-0.3, -0.25) is 0 Å². The first-order valence-corrected chi connectivity index (χ1v) is 4.56. The zero-order valence-electron chi connectivity index (χ0n) is 8.26. The molecule has 0 fully saturated rings. The molecular weight excluding hydrogens is 165 g/mol. The fourth-order valence-corrected chi connectivity index (χ4v) is 1.71. The van der Waals surface area contributed by atoms with Gasteiger partial charge in [-0.1, -0.05) is 26.3 Å². The smallest absolute Gasteiger partial charge is 0.118 e. The van der Waals surface area contributed by atoms with Gasteiger partial charge in [0.2, 0.25) is 0 Å². The van der Waals surface area contributed by atoms with E-state index in [9.17, 15) is 4.39 Å². The lowest BCUT2D eigenvalue weighted by molar-refractivity contribution is 0.486. The second kappa shape index (κ2) is 3.74. The van der Waals surface area contributed by atoms with E-state index in [0.717, 1.165) is 0 Å². The normalized spacial score (nSPS) is 23.1. The van der Waals surface area contributed by atoms with Gasteiger partial charge in [0.05, 0.1) is 5.57 Å². The molecule has 0 saturated heterocycles. The first kappa shape index (κ1) is 9.98. The van der Waals surface area contributed by atoms with E-state index in [1.807, 2.05) is 13.0 Å². The Morgan fingerprint density at radius 2 is 2.23 bits per heavy atom. The molecule has 0 aromatic rings. The van der Waals surface area contributed by atoms with Gasteiger partial charge >= 0.3 is 0 Å². The van der Waals surface area contributed by atoms with E-state index < -0.39 is 0 Å². The molecule has 1 aliphatic rings. The summed E-state index contributed by atoms with van der Waals surface area (Å²) in [5.41, 5.74) is 1.39. The first-order chi connectivity index (χ1) is 6.06. The highest BCUT2D eigenvalue weighted by Crippen LogP contribution is 2.33. The predicted molar refractivity (Wildman–Crippen MR) is 50.4 cm³/mol. The van der Waals surface area contributed by atoms with Crippen molar-refractivity contribution in [3.63, 3.8) is 0 Å². The van der Waals surface area contributed by atoms with Crippen LogP contribution in [0, 0.1) is 23.2 Å². The Bertz CT molecular complexity index is 305. The van der Waals surface area contributed by atoms with Gasteiger partial charge in [-0.2, -0.15) is 5.26 Å². The maximum absolute atomic E-state index is 13.1. The summed E-state index contributed by atoms with van der Waals surface area (Å²) in [6, 6.07) is 1.89. The Kier molecular flexibility index (Phi) is 2.87. The van der Waals surface area contributed by atoms with E-state index in [4.69, 9.17) is 5.26 Å². The van der Waals surface area contributed by atoms with Crippen molar-refractivity contribution >= 4 is 0 Å². The number of nitrogens with zero attached hydrogens (tertiary/aromatic N) is 1. The average molecular weight is 179 g/mol. The molecule has 0 radical (unpaired) electrons. The van der Waals surface area contributed by atoms with Crippen LogP contribution in [0.1, 0.15) is 27.2 Å². The van der Waals surface area contributed by atoms with Crippen LogP contribution < -0.4 is 0 Å². The lowest BCUT2D eigenvalue weighted by atomic mass is 9.83. The monoisotopic (exact) mass is 179 g/mol. The van der Waals surface area contributed by atoms with Crippen LogP contribution in [0.4, 0.5) is 4.39 Å². The van der Waals surface area contributed by atoms with Gasteiger partial charge < -0.3 is 0 Å². The standard InChI is InChI=1S/C11H14FN/c1-7(2)10-5-9(6-13)11(12)4-8(10)3/h5,7-8H,4H2,1-3H3. The molecule has 2 heteroatoms. The number of nitriles is 1. The maximum atomic E-state index is 13.1. The van der Waals surface area contributed by atoms with Crippen LogP contribution in [-0.4, -0.2) is 0 Å². The molecule has 0 aromatic heterocycles. The summed E-state index contributed by atoms with van der Waals surface area (Å²) in [5, 5.41) is 8.65. The van der Waals surface area contributed by atoms with Gasteiger partial charge in [-0.15, -0.1) is 0 Å². The zero-order chi connectivity index (χ0) is 10.0. The van der Waals surface area contributed by atoms with Crippen LogP contribution in [-0.2, 0) is 0 Å². The summed E-state index contributed by atoms with van der Waals surface area (Å²) < 4.78 is 13.1. The Morgan fingerprint density at radius 1 is 1.62 bits per heavy atom. The maximum Gasteiger partial charge on any atom is 0.118 e. The summed E-state index contributed by atoms with van der Waals surface area (Å²) in [7, 11) is 0. The fraction of sp³-hybridized carbons (Fsp3) is 0.545. The third-order valence-electron chi connectivity index (χ3n) is 2.44. The molecule has 0 bridgehead atoms. The number of hydrogen-bond acceptors (Lipinski definition) is 1. The Labute approximate surface area is 78.6 Å². The molecule has 1 atom stereocenters. The van der Waals surface area contributed by atoms with Crippen molar-refractivity contribution in [1.29, 1.82) is 5.26 Å². The van der Waals surface area contributed by atoms with Gasteiger partial charge in [0, 0.05) is 6.42 Å². The highest BCUT2D eigenvalue weighted by Gasteiger charge is 2.21. The highest BCUT2D eigenvalue weighted by molar-refractivity contribution is 5.42. The molecule has 0 spiro atoms. The molecule has 0 heterocycles. The molecule has 0 aromatic carbocycles. The van der Waals surface area contributed by atoms with E-state index in [0.29, 0.717) is 12.3 Å². The van der Waals surface area contributed by atoms with Crippen LogP contribution in [0.3, 0.4) is 0 Å². The molecule has 0 aliphatic heterocycles. The van der Waals surface area contributed by atoms with E-state index in [2.05, 4.69) is 13.8 Å². The average Bonchev–Trinajstić information content (AvgIpc) is 2.03. The van der Waals surface area contributed by atoms with Gasteiger partial charge in [-0.05, 0) is 17.9 Å². The Balaban J connectivity index is 3.04. The number of allylic oxidation sites excluding steroid dienone is 4. The summed E-state index contributed by atoms with van der Waals surface area (Å²) in [6.07, 6.45) is 2.08. The third-order valence-corrected chi connectivity index (χ3v) is 2.44. The van der Waals surface area contributed by atoms with Crippen LogP contribution in [0.2, 0.25) is 0 Å². The summed E-state index contributed by atoms with van der Waals surface area (Å²) in [5.74, 6) is 0.364. The molecule has 1 nitrogen and oxygen atoms in total. The van der Waals surface area contributed by atoms with Crippen LogP contribution >= 0.6 is 0 Å². The minimum Gasteiger partial charge on any atom is -0.210 e. The third kappa shape index (κ3) is 1.98. The van der Waals surface area contributed by atoms with Gasteiger partial charge in [0.1, 0.15) is 11.9 Å². The fourth-order valence-electron chi connectivity index (χ4n) is 1.71. The van der Waals surface area contributed by atoms with E-state index in [1.165, 1.54) is 5.57 Å². The molecule has 0 N–H and O–H groups in total. The first-order valence-electron chi connectivity index (χ1n) is 4.56. The van der Waals surface area contributed by atoms with Crippen LogP contribution in [0.25, 0.3) is 0 Å². The van der Waals surface area contributed by atoms with Crippen molar-refractivity contribution in [2.24, 2.45) is 11.8 Å². The molecule has 0 amide bonds. The van der Waals surface area contributed by atoms with Gasteiger partial charge in [0.25, 0.3) is 0 Å². The van der Waals surface area contributed by atoms with E-state index >= 15 is 0 Å². The second-order valence-electron chi connectivity index (χ2n) is 3.83. The van der Waals surface area contributed by atoms with Crippen molar-refractivity contribution in [3.8, 4) is 6.07 Å². The SMILES string of the molecule is CC(C)C1=CC(C#N)=C(F)CC1C. The van der Waals surface area contributed by atoms with Crippen molar-refractivity contribution in [2.75, 3.05) is 0 Å². The molecule has 0 saturated carbocycles. The van der Waals surface area contributed by atoms with Gasteiger partial charge in [0.15, 0.2) is 0 Å². The predicted octanol–water partition coefficient (Wildman–Crippen LogP) is 3.36. The minimum atomic E-state index is -0.264. The Hall–Kier alpha value is -1.10. The molecule has 1 unspecified atom stereocenters. The molecular formula is C11H14FN. The van der Waals surface area contributed by atoms with E-state index in [1.54, 1.807) is 6.08 Å². The van der Waals surface area contributed by atoms with E-state index in [-0.39, 0.29) is 17.3 Å². The van der Waals surface area contributed by atoms with Crippen molar-refractivity contribution in [2.45, 2.75) is 27.2 Å². The number of halogens is 1. The van der Waals surface area contributed by atoms with Gasteiger partial charge in [-0.25, -0.2) is 4.39 Å². The second-order valence-corrected chi connectivity index (χ2v) is 3.83. The minimum absolute atomic E-state index is 0.210. The zero-order valence-corrected chi connectivity index (χ0v) is 8.26. The van der Waals surface area contributed by atoms with Crippen LogP contribution in [0.15, 0.2) is 23.0 Å². The van der Waals surface area contributed by atoms with Crippen molar-refractivity contribution in [1.82, 2.24) is 0 Å². The quantitative estimate of drug-likeness (QED) is 0.605. The number of rotatable bonds is 1. The van der Waals surface area contributed by atoms with Crippen LogP contribution in [0.5, 0.6) is 0 Å². The summed E-state index contributed by atoms with van der Waals surface area (Å²) in [6.45, 7) is 6.14. The molecule has 70 valence electrons. The molecule has 1 aliphatic carbocycles. The van der Waals surface area contributed by atoms with Crippen molar-refractivity contribution in [3.05, 3.63) is 23.0 Å². The molecule has 1 rings (SSSR count). The topological polar surface area (TPSA) is 23.8 Å².